The third-order valence-corrected chi connectivity index (χ3v) is 5.38. The van der Waals surface area contributed by atoms with Gasteiger partial charge in [-0.25, -0.2) is 9.48 Å². The summed E-state index contributed by atoms with van der Waals surface area (Å²) < 4.78 is 8.45. The van der Waals surface area contributed by atoms with E-state index in [0.717, 1.165) is 15.6 Å². The molecule has 0 unspecified atom stereocenters. The maximum atomic E-state index is 12.3. The van der Waals surface area contributed by atoms with Gasteiger partial charge >= 0.3 is 5.69 Å². The van der Waals surface area contributed by atoms with Gasteiger partial charge in [0.2, 0.25) is 0 Å². The summed E-state index contributed by atoms with van der Waals surface area (Å²) in [6, 6.07) is 17.5. The second-order valence-corrected chi connectivity index (χ2v) is 7.46. The van der Waals surface area contributed by atoms with Gasteiger partial charge in [-0.05, 0) is 34.4 Å². The summed E-state index contributed by atoms with van der Waals surface area (Å²) in [5.74, 6) is 1.01. The molecule has 0 saturated carbocycles. The van der Waals surface area contributed by atoms with E-state index in [1.165, 1.54) is 20.6 Å². The van der Waals surface area contributed by atoms with Crippen LogP contribution >= 0.6 is 11.3 Å². The molecule has 148 valence electrons. The zero-order valence-corrected chi connectivity index (χ0v) is 16.7. The third kappa shape index (κ3) is 4.22. The van der Waals surface area contributed by atoms with Crippen LogP contribution in [0.5, 0.6) is 5.75 Å². The first-order valence-electron chi connectivity index (χ1n) is 9.18. The van der Waals surface area contributed by atoms with Crippen molar-refractivity contribution in [3.63, 3.8) is 0 Å². The number of nitrogens with zero attached hydrogens (tertiary/aromatic N) is 3. The molecule has 2 aromatic heterocycles. The average Bonchev–Trinajstić information content (AvgIpc) is 3.36. The number of benzene rings is 2. The second-order valence-electron chi connectivity index (χ2n) is 6.51. The smallest absolute Gasteiger partial charge is 0.346 e. The molecule has 0 radical (unpaired) electrons. The highest BCUT2D eigenvalue weighted by Gasteiger charge is 2.13. The third-order valence-electron chi connectivity index (χ3n) is 4.52. The van der Waals surface area contributed by atoms with Crippen molar-refractivity contribution < 1.29 is 9.53 Å². The molecule has 29 heavy (non-hydrogen) atoms. The van der Waals surface area contributed by atoms with E-state index in [2.05, 4.69) is 10.4 Å². The maximum Gasteiger partial charge on any atom is 0.346 e. The van der Waals surface area contributed by atoms with Gasteiger partial charge in [-0.15, -0.1) is 16.4 Å². The Labute approximate surface area is 171 Å². The van der Waals surface area contributed by atoms with Crippen LogP contribution in [-0.2, 0) is 18.4 Å². The lowest BCUT2D eigenvalue weighted by atomic mass is 10.1. The number of ether oxygens (including phenoxy) is 1. The van der Waals surface area contributed by atoms with Crippen LogP contribution in [0.1, 0.15) is 0 Å². The Bertz CT molecular complexity index is 1190. The summed E-state index contributed by atoms with van der Waals surface area (Å²) in [5, 5.41) is 11.2. The zero-order chi connectivity index (χ0) is 20.2. The number of thiophene rings is 1. The second kappa shape index (κ2) is 8.32. The molecule has 2 aromatic carbocycles. The molecule has 0 aliphatic carbocycles. The van der Waals surface area contributed by atoms with E-state index >= 15 is 0 Å². The quantitative estimate of drug-likeness (QED) is 0.510. The molecule has 0 aliphatic rings. The number of rotatable bonds is 7. The molecule has 0 spiro atoms. The zero-order valence-electron chi connectivity index (χ0n) is 15.9. The van der Waals surface area contributed by atoms with Crippen LogP contribution in [0.4, 0.5) is 0 Å². The molecule has 4 rings (SSSR count). The maximum absolute atomic E-state index is 12.3. The molecule has 1 N–H and O–H groups in total. The molecule has 0 bridgehead atoms. The number of hydrogen-bond acceptors (Lipinski definition) is 5. The van der Waals surface area contributed by atoms with Gasteiger partial charge in [0.1, 0.15) is 5.75 Å². The number of fused-ring (bicyclic) bond motifs is 1. The monoisotopic (exact) mass is 408 g/mol. The number of hydrogen-bond donors (Lipinski definition) is 1. The lowest BCUT2D eigenvalue weighted by molar-refractivity contribution is -0.123. The van der Waals surface area contributed by atoms with Gasteiger partial charge in [-0.1, -0.05) is 36.4 Å². The minimum absolute atomic E-state index is 0.0874. The fourth-order valence-electron chi connectivity index (χ4n) is 3.01. The first-order valence-corrected chi connectivity index (χ1v) is 10.1. The molecule has 2 heterocycles. The normalized spacial score (nSPS) is 10.9. The predicted octanol–water partition coefficient (Wildman–Crippen LogP) is 2.66. The Morgan fingerprint density at radius 2 is 1.97 bits per heavy atom. The van der Waals surface area contributed by atoms with Crippen LogP contribution < -0.4 is 15.7 Å². The van der Waals surface area contributed by atoms with Crippen molar-refractivity contribution in [2.45, 2.75) is 6.54 Å². The van der Waals surface area contributed by atoms with E-state index in [1.807, 2.05) is 60.0 Å². The predicted molar refractivity (Wildman–Crippen MR) is 113 cm³/mol. The lowest BCUT2D eigenvalue weighted by Gasteiger charge is -2.08. The molecular formula is C21H20N4O3S. The van der Waals surface area contributed by atoms with E-state index in [-0.39, 0.29) is 18.2 Å². The van der Waals surface area contributed by atoms with Gasteiger partial charge in [0, 0.05) is 13.6 Å². The molecule has 1 amide bonds. The van der Waals surface area contributed by atoms with Crippen LogP contribution in [0.25, 0.3) is 21.5 Å². The van der Waals surface area contributed by atoms with Crippen LogP contribution in [0.3, 0.4) is 0 Å². The Hall–Kier alpha value is -3.39. The van der Waals surface area contributed by atoms with Gasteiger partial charge in [0.25, 0.3) is 5.91 Å². The van der Waals surface area contributed by atoms with Crippen LogP contribution in [0.2, 0.25) is 0 Å². The van der Waals surface area contributed by atoms with E-state index in [0.29, 0.717) is 24.7 Å². The standard InChI is InChI=1S/C21H20N4O3S/c1-24-20(18-7-4-12-29-18)23-25(21(24)27)11-10-22-19(26)14-28-17-9-8-15-5-2-3-6-16(15)13-17/h2-9,12-13H,10-11,14H2,1H3,(H,22,26). The van der Waals surface area contributed by atoms with E-state index in [4.69, 9.17) is 4.74 Å². The molecule has 4 aromatic rings. The van der Waals surface area contributed by atoms with Gasteiger partial charge in [-0.2, -0.15) is 0 Å². The van der Waals surface area contributed by atoms with Crippen molar-refractivity contribution in [2.24, 2.45) is 7.05 Å². The van der Waals surface area contributed by atoms with E-state index in [9.17, 15) is 9.59 Å². The molecule has 0 atom stereocenters. The summed E-state index contributed by atoms with van der Waals surface area (Å²) in [6.07, 6.45) is 0. The first kappa shape index (κ1) is 18.9. The van der Waals surface area contributed by atoms with E-state index < -0.39 is 0 Å². The van der Waals surface area contributed by atoms with Crippen LogP contribution in [0, 0.1) is 0 Å². The van der Waals surface area contributed by atoms with Crippen LogP contribution in [-0.4, -0.2) is 33.4 Å². The fraction of sp³-hybridized carbons (Fsp3) is 0.190. The van der Waals surface area contributed by atoms with Gasteiger partial charge in [0.05, 0.1) is 11.4 Å². The van der Waals surface area contributed by atoms with Crippen molar-refractivity contribution in [2.75, 3.05) is 13.2 Å². The first-order chi connectivity index (χ1) is 14.1. The van der Waals surface area contributed by atoms with E-state index in [1.54, 1.807) is 7.05 Å². The number of carbonyl (C=O) groups excluding carboxylic acids is 1. The number of carbonyl (C=O) groups is 1. The van der Waals surface area contributed by atoms with Crippen molar-refractivity contribution in [3.05, 3.63) is 70.5 Å². The van der Waals surface area contributed by atoms with Crippen molar-refractivity contribution >= 4 is 28.0 Å². The Morgan fingerprint density at radius 3 is 2.76 bits per heavy atom. The summed E-state index contributed by atoms with van der Waals surface area (Å²) in [4.78, 5) is 25.3. The Balaban J connectivity index is 1.30. The highest BCUT2D eigenvalue weighted by molar-refractivity contribution is 7.13. The Morgan fingerprint density at radius 1 is 1.14 bits per heavy atom. The van der Waals surface area contributed by atoms with Crippen LogP contribution in [0.15, 0.2) is 64.8 Å². The lowest BCUT2D eigenvalue weighted by Crippen LogP contribution is -2.34. The summed E-state index contributed by atoms with van der Waals surface area (Å²) in [6.45, 7) is 0.496. The largest absolute Gasteiger partial charge is 0.484 e. The summed E-state index contributed by atoms with van der Waals surface area (Å²) in [5.41, 5.74) is -0.213. The minimum Gasteiger partial charge on any atom is -0.484 e. The average molecular weight is 408 g/mol. The van der Waals surface area contributed by atoms with Gasteiger partial charge in [0.15, 0.2) is 12.4 Å². The molecule has 0 aliphatic heterocycles. The minimum atomic E-state index is -0.249. The SMILES string of the molecule is Cn1c(-c2cccs2)nn(CCNC(=O)COc2ccc3ccccc3c2)c1=O. The molecule has 7 nitrogen and oxygen atoms in total. The highest BCUT2D eigenvalue weighted by atomic mass is 32.1. The summed E-state index contributed by atoms with van der Waals surface area (Å²) in [7, 11) is 1.69. The number of nitrogens with one attached hydrogen (secondary N) is 1. The van der Waals surface area contributed by atoms with Crippen molar-refractivity contribution in [3.8, 4) is 16.5 Å². The molecule has 8 heteroatoms. The number of amides is 1. The summed E-state index contributed by atoms with van der Waals surface area (Å²) >= 11 is 1.52. The topological polar surface area (TPSA) is 78.2 Å². The molecule has 0 saturated heterocycles. The Kier molecular flexibility index (Phi) is 5.44. The van der Waals surface area contributed by atoms with Gasteiger partial charge < -0.3 is 10.1 Å². The molecule has 0 fully saturated rings. The number of aromatic nitrogens is 3. The van der Waals surface area contributed by atoms with Gasteiger partial charge in [-0.3, -0.25) is 9.36 Å². The van der Waals surface area contributed by atoms with Crippen molar-refractivity contribution in [1.29, 1.82) is 0 Å². The van der Waals surface area contributed by atoms with Crippen molar-refractivity contribution in [1.82, 2.24) is 19.7 Å². The fourth-order valence-corrected chi connectivity index (χ4v) is 3.76. The highest BCUT2D eigenvalue weighted by Crippen LogP contribution is 2.21. The molecular weight excluding hydrogens is 388 g/mol.